The van der Waals surface area contributed by atoms with Crippen LogP contribution >= 0.6 is 0 Å². The molecule has 0 unspecified atom stereocenters. The highest BCUT2D eigenvalue weighted by Crippen LogP contribution is 2.28. The van der Waals surface area contributed by atoms with Crippen molar-refractivity contribution in [1.29, 1.82) is 0 Å². The van der Waals surface area contributed by atoms with Crippen LogP contribution in [-0.4, -0.2) is 30.7 Å². The van der Waals surface area contributed by atoms with Crippen molar-refractivity contribution < 1.29 is 19.1 Å². The molecule has 1 aliphatic heterocycles. The average Bonchev–Trinajstić information content (AvgIpc) is 2.70. The molecule has 6 heteroatoms. The van der Waals surface area contributed by atoms with Gasteiger partial charge >= 0.3 is 0 Å². The second-order valence-electron chi connectivity index (χ2n) is 7.30. The van der Waals surface area contributed by atoms with E-state index in [0.717, 1.165) is 12.8 Å². The smallest absolute Gasteiger partial charge is 0.262 e. The molecule has 2 rings (SSSR count). The van der Waals surface area contributed by atoms with Crippen LogP contribution in [0.2, 0.25) is 0 Å². The summed E-state index contributed by atoms with van der Waals surface area (Å²) in [6.07, 6.45) is 10.2. The molecule has 0 radical (unpaired) electrons. The first-order valence-corrected chi connectivity index (χ1v) is 10.5. The minimum Gasteiger partial charge on any atom is -0.482 e. The third kappa shape index (κ3) is 7.71. The van der Waals surface area contributed by atoms with E-state index in [-0.39, 0.29) is 37.0 Å². The normalized spacial score (nSPS) is 12.7. The predicted molar refractivity (Wildman–Crippen MR) is 110 cm³/mol. The van der Waals surface area contributed by atoms with Gasteiger partial charge in [-0.15, -0.1) is 0 Å². The lowest BCUT2D eigenvalue weighted by molar-refractivity contribution is -0.121. The van der Waals surface area contributed by atoms with E-state index in [4.69, 9.17) is 4.74 Å². The van der Waals surface area contributed by atoms with Crippen molar-refractivity contribution >= 4 is 23.3 Å². The molecule has 6 nitrogen and oxygen atoms in total. The van der Waals surface area contributed by atoms with Crippen molar-refractivity contribution in [2.45, 2.75) is 71.1 Å². The number of hydrogen-bond donors (Lipinski definition) is 2. The Balaban J connectivity index is 1.59. The van der Waals surface area contributed by atoms with Gasteiger partial charge in [0.1, 0.15) is 5.75 Å². The Bertz CT molecular complexity index is 673. The molecule has 1 aromatic carbocycles. The van der Waals surface area contributed by atoms with E-state index in [1.54, 1.807) is 18.2 Å². The number of unbranched alkanes of at least 4 members (excludes halogenated alkanes) is 7. The van der Waals surface area contributed by atoms with Gasteiger partial charge in [-0.1, -0.05) is 51.9 Å². The number of anilines is 1. The zero-order valence-corrected chi connectivity index (χ0v) is 16.9. The largest absolute Gasteiger partial charge is 0.482 e. The third-order valence-electron chi connectivity index (χ3n) is 4.87. The number of fused-ring (bicyclic) bond motifs is 1. The summed E-state index contributed by atoms with van der Waals surface area (Å²) in [7, 11) is 0. The molecule has 1 aromatic rings. The standard InChI is InChI=1S/C22H32N2O4/c1-2-3-4-5-6-7-8-9-14-23-21(26)13-11-19(25)17-10-12-20-18(15-17)24-22(27)16-28-20/h10,12,15H,2-9,11,13-14,16H2,1H3,(H,23,26)(H,24,27). The van der Waals surface area contributed by atoms with Gasteiger partial charge < -0.3 is 15.4 Å². The van der Waals surface area contributed by atoms with Crippen LogP contribution in [0.4, 0.5) is 5.69 Å². The minimum atomic E-state index is -0.238. The van der Waals surface area contributed by atoms with E-state index in [2.05, 4.69) is 17.6 Å². The van der Waals surface area contributed by atoms with Gasteiger partial charge in [0.2, 0.25) is 5.91 Å². The highest BCUT2D eigenvalue weighted by atomic mass is 16.5. The number of ketones is 1. The van der Waals surface area contributed by atoms with Crippen LogP contribution in [0.15, 0.2) is 18.2 Å². The molecule has 0 atom stereocenters. The van der Waals surface area contributed by atoms with Crippen molar-refractivity contribution in [2.24, 2.45) is 0 Å². The number of rotatable bonds is 13. The lowest BCUT2D eigenvalue weighted by Gasteiger charge is -2.18. The first-order valence-electron chi connectivity index (χ1n) is 10.5. The van der Waals surface area contributed by atoms with Gasteiger partial charge in [-0.25, -0.2) is 0 Å². The maximum atomic E-state index is 12.3. The SMILES string of the molecule is CCCCCCCCCCNC(=O)CCC(=O)c1ccc2c(c1)NC(=O)CO2. The van der Waals surface area contributed by atoms with Gasteiger partial charge in [-0.3, -0.25) is 14.4 Å². The van der Waals surface area contributed by atoms with Gasteiger partial charge in [0, 0.05) is 24.9 Å². The molecule has 2 amide bonds. The lowest BCUT2D eigenvalue weighted by atomic mass is 10.0. The van der Waals surface area contributed by atoms with Crippen LogP contribution in [0.3, 0.4) is 0 Å². The fraction of sp³-hybridized carbons (Fsp3) is 0.591. The van der Waals surface area contributed by atoms with Crippen LogP contribution in [0, 0.1) is 0 Å². The molecule has 28 heavy (non-hydrogen) atoms. The van der Waals surface area contributed by atoms with Crippen LogP contribution in [-0.2, 0) is 9.59 Å². The Kier molecular flexibility index (Phi) is 9.52. The van der Waals surface area contributed by atoms with Crippen LogP contribution in [0.1, 0.15) is 81.5 Å². The van der Waals surface area contributed by atoms with Gasteiger partial charge in [0.05, 0.1) is 5.69 Å². The Morgan fingerprint density at radius 1 is 1.04 bits per heavy atom. The summed E-state index contributed by atoms with van der Waals surface area (Å²) in [4.78, 5) is 35.6. The molecule has 0 bridgehead atoms. The van der Waals surface area contributed by atoms with E-state index in [1.165, 1.54) is 38.5 Å². The van der Waals surface area contributed by atoms with Crippen molar-refractivity contribution in [3.05, 3.63) is 23.8 Å². The number of Topliss-reactive ketones (excluding diaryl/α,β-unsaturated/α-hetero) is 1. The van der Waals surface area contributed by atoms with Crippen LogP contribution < -0.4 is 15.4 Å². The molecule has 0 aliphatic carbocycles. The number of benzene rings is 1. The van der Waals surface area contributed by atoms with Crippen molar-refractivity contribution in [1.82, 2.24) is 5.32 Å². The third-order valence-corrected chi connectivity index (χ3v) is 4.87. The monoisotopic (exact) mass is 388 g/mol. The van der Waals surface area contributed by atoms with Gasteiger partial charge in [0.25, 0.3) is 5.91 Å². The first kappa shape index (κ1) is 21.9. The fourth-order valence-corrected chi connectivity index (χ4v) is 3.20. The summed E-state index contributed by atoms with van der Waals surface area (Å²) in [5.74, 6) is 0.104. The molecule has 0 aromatic heterocycles. The molecule has 0 fully saturated rings. The maximum Gasteiger partial charge on any atom is 0.262 e. The summed E-state index contributed by atoms with van der Waals surface area (Å²) in [6.45, 7) is 2.88. The second-order valence-corrected chi connectivity index (χ2v) is 7.30. The Morgan fingerprint density at radius 2 is 1.75 bits per heavy atom. The number of carbonyl (C=O) groups excluding carboxylic acids is 3. The number of nitrogens with one attached hydrogen (secondary N) is 2. The van der Waals surface area contributed by atoms with Gasteiger partial charge in [0.15, 0.2) is 12.4 Å². The molecular formula is C22H32N2O4. The van der Waals surface area contributed by atoms with Gasteiger partial charge in [-0.05, 0) is 24.6 Å². The Morgan fingerprint density at radius 3 is 2.50 bits per heavy atom. The van der Waals surface area contributed by atoms with E-state index < -0.39 is 0 Å². The lowest BCUT2D eigenvalue weighted by Crippen LogP contribution is -2.26. The second kappa shape index (κ2) is 12.2. The molecule has 0 saturated carbocycles. The van der Waals surface area contributed by atoms with E-state index in [9.17, 15) is 14.4 Å². The Hall–Kier alpha value is -2.37. The number of amides is 2. The van der Waals surface area contributed by atoms with Crippen molar-refractivity contribution in [3.63, 3.8) is 0 Å². The Labute approximate surface area is 167 Å². The topological polar surface area (TPSA) is 84.5 Å². The average molecular weight is 389 g/mol. The minimum absolute atomic E-state index is 0.0146. The molecule has 1 aliphatic rings. The molecule has 154 valence electrons. The first-order chi connectivity index (χ1) is 13.6. The predicted octanol–water partition coefficient (Wildman–Crippen LogP) is 4.24. The van der Waals surface area contributed by atoms with Crippen molar-refractivity contribution in [2.75, 3.05) is 18.5 Å². The molecule has 1 heterocycles. The van der Waals surface area contributed by atoms with E-state index in [1.807, 2.05) is 0 Å². The number of carbonyl (C=O) groups is 3. The highest BCUT2D eigenvalue weighted by Gasteiger charge is 2.18. The maximum absolute atomic E-state index is 12.3. The summed E-state index contributed by atoms with van der Waals surface area (Å²) in [6, 6.07) is 4.94. The summed E-state index contributed by atoms with van der Waals surface area (Å²) >= 11 is 0. The van der Waals surface area contributed by atoms with Crippen LogP contribution in [0.5, 0.6) is 5.75 Å². The highest BCUT2D eigenvalue weighted by molar-refractivity contribution is 6.01. The number of hydrogen-bond acceptors (Lipinski definition) is 4. The molecule has 2 N–H and O–H groups in total. The summed E-state index contributed by atoms with van der Waals surface area (Å²) in [5.41, 5.74) is 0.974. The summed E-state index contributed by atoms with van der Waals surface area (Å²) in [5, 5.41) is 5.57. The zero-order valence-electron chi connectivity index (χ0n) is 16.9. The number of ether oxygens (including phenoxy) is 1. The quantitative estimate of drug-likeness (QED) is 0.391. The van der Waals surface area contributed by atoms with Crippen LogP contribution in [0.25, 0.3) is 0 Å². The zero-order chi connectivity index (χ0) is 20.2. The molecule has 0 spiro atoms. The molecule has 0 saturated heterocycles. The van der Waals surface area contributed by atoms with E-state index in [0.29, 0.717) is 23.5 Å². The van der Waals surface area contributed by atoms with Gasteiger partial charge in [-0.2, -0.15) is 0 Å². The van der Waals surface area contributed by atoms with Crippen molar-refractivity contribution in [3.8, 4) is 5.75 Å². The fourth-order valence-electron chi connectivity index (χ4n) is 3.20. The summed E-state index contributed by atoms with van der Waals surface area (Å²) < 4.78 is 5.28. The van der Waals surface area contributed by atoms with E-state index >= 15 is 0 Å². The molecular weight excluding hydrogens is 356 g/mol.